The minimum absolute atomic E-state index is 0.345. The SMILES string of the molecule is CCC1CCC2(CC1)NC(=O)N(CC(=O)OCC(=O)NCC(=O)Nc1cc(C)ccc1OC)C2=O. The Balaban J connectivity index is 1.41. The van der Waals surface area contributed by atoms with Gasteiger partial charge in [0, 0.05) is 0 Å². The Morgan fingerprint density at radius 3 is 2.54 bits per heavy atom. The molecule has 0 atom stereocenters. The molecule has 1 heterocycles. The van der Waals surface area contributed by atoms with Crippen LogP contribution in [0.15, 0.2) is 18.2 Å². The number of aryl methyl sites for hydroxylation is 1. The molecular formula is C24H32N4O7. The maximum atomic E-state index is 12.9. The zero-order chi connectivity index (χ0) is 25.6. The Morgan fingerprint density at radius 2 is 1.89 bits per heavy atom. The molecular weight excluding hydrogens is 456 g/mol. The quantitative estimate of drug-likeness (QED) is 0.353. The van der Waals surface area contributed by atoms with Crippen molar-refractivity contribution in [1.82, 2.24) is 15.5 Å². The lowest BCUT2D eigenvalue weighted by molar-refractivity contribution is -0.151. The number of ether oxygens (including phenoxy) is 2. The summed E-state index contributed by atoms with van der Waals surface area (Å²) in [7, 11) is 1.48. The molecule has 11 heteroatoms. The molecule has 0 aromatic heterocycles. The highest BCUT2D eigenvalue weighted by molar-refractivity contribution is 6.08. The van der Waals surface area contributed by atoms with E-state index in [4.69, 9.17) is 9.47 Å². The summed E-state index contributed by atoms with van der Waals surface area (Å²) >= 11 is 0. The lowest BCUT2D eigenvalue weighted by Crippen LogP contribution is -2.49. The molecule has 1 aliphatic heterocycles. The lowest BCUT2D eigenvalue weighted by atomic mass is 9.75. The van der Waals surface area contributed by atoms with Gasteiger partial charge in [-0.1, -0.05) is 19.4 Å². The maximum absolute atomic E-state index is 12.9. The second-order valence-corrected chi connectivity index (χ2v) is 8.94. The van der Waals surface area contributed by atoms with Crippen LogP contribution < -0.4 is 20.7 Å². The molecule has 1 aliphatic carbocycles. The van der Waals surface area contributed by atoms with Crippen LogP contribution in [0.25, 0.3) is 0 Å². The van der Waals surface area contributed by atoms with Crippen LogP contribution in [0.1, 0.15) is 44.6 Å². The fourth-order valence-corrected chi connectivity index (χ4v) is 4.40. The van der Waals surface area contributed by atoms with E-state index in [1.807, 2.05) is 13.0 Å². The van der Waals surface area contributed by atoms with Crippen LogP contribution in [0, 0.1) is 12.8 Å². The number of nitrogens with one attached hydrogen (secondary N) is 3. The van der Waals surface area contributed by atoms with Crippen LogP contribution in [-0.2, 0) is 23.9 Å². The van der Waals surface area contributed by atoms with Crippen LogP contribution in [0.4, 0.5) is 10.5 Å². The largest absolute Gasteiger partial charge is 0.495 e. The number of urea groups is 1. The summed E-state index contributed by atoms with van der Waals surface area (Å²) in [5.41, 5.74) is 0.433. The van der Waals surface area contributed by atoms with Gasteiger partial charge in [0.05, 0.1) is 19.3 Å². The van der Waals surface area contributed by atoms with Gasteiger partial charge < -0.3 is 25.4 Å². The Labute approximate surface area is 203 Å². The first-order valence-electron chi connectivity index (χ1n) is 11.7. The van der Waals surface area contributed by atoms with Gasteiger partial charge in [-0.15, -0.1) is 0 Å². The van der Waals surface area contributed by atoms with Crippen LogP contribution in [0.5, 0.6) is 5.75 Å². The molecule has 2 fully saturated rings. The summed E-state index contributed by atoms with van der Waals surface area (Å²) in [6, 6.07) is 4.65. The molecule has 2 aliphatic rings. The van der Waals surface area contributed by atoms with Crippen molar-refractivity contribution in [2.45, 2.75) is 51.5 Å². The smallest absolute Gasteiger partial charge is 0.326 e. The average Bonchev–Trinajstić information content (AvgIpc) is 3.06. The van der Waals surface area contributed by atoms with E-state index >= 15 is 0 Å². The van der Waals surface area contributed by atoms with Crippen molar-refractivity contribution >= 4 is 35.4 Å². The second-order valence-electron chi connectivity index (χ2n) is 8.94. The number of hydrogen-bond donors (Lipinski definition) is 3. The number of anilines is 1. The molecule has 3 rings (SSSR count). The number of rotatable bonds is 9. The van der Waals surface area contributed by atoms with Gasteiger partial charge in [-0.25, -0.2) is 4.79 Å². The molecule has 35 heavy (non-hydrogen) atoms. The molecule has 5 amide bonds. The van der Waals surface area contributed by atoms with E-state index in [1.54, 1.807) is 12.1 Å². The summed E-state index contributed by atoms with van der Waals surface area (Å²) < 4.78 is 10.1. The lowest BCUT2D eigenvalue weighted by Gasteiger charge is -2.34. The summed E-state index contributed by atoms with van der Waals surface area (Å²) in [6.07, 6.45) is 3.79. The highest BCUT2D eigenvalue weighted by Gasteiger charge is 2.52. The zero-order valence-electron chi connectivity index (χ0n) is 20.3. The Bertz CT molecular complexity index is 1000. The molecule has 0 bridgehead atoms. The van der Waals surface area contributed by atoms with E-state index in [0.29, 0.717) is 30.2 Å². The third-order valence-corrected chi connectivity index (χ3v) is 6.51. The Hall–Kier alpha value is -3.63. The zero-order valence-corrected chi connectivity index (χ0v) is 20.3. The highest BCUT2D eigenvalue weighted by atomic mass is 16.5. The maximum Gasteiger partial charge on any atom is 0.326 e. The molecule has 1 aromatic carbocycles. The molecule has 1 saturated carbocycles. The number of benzene rings is 1. The number of carbonyl (C=O) groups excluding carboxylic acids is 5. The van der Waals surface area contributed by atoms with E-state index < -0.39 is 48.4 Å². The van der Waals surface area contributed by atoms with Crippen molar-refractivity contribution in [1.29, 1.82) is 0 Å². The summed E-state index contributed by atoms with van der Waals surface area (Å²) in [5, 5.41) is 7.73. The molecule has 0 unspecified atom stereocenters. The van der Waals surface area contributed by atoms with Crippen molar-refractivity contribution in [3.05, 3.63) is 23.8 Å². The van der Waals surface area contributed by atoms with Crippen LogP contribution in [0.3, 0.4) is 0 Å². The molecule has 11 nitrogen and oxygen atoms in total. The van der Waals surface area contributed by atoms with Gasteiger partial charge in [-0.2, -0.15) is 0 Å². The van der Waals surface area contributed by atoms with Gasteiger partial charge >= 0.3 is 12.0 Å². The fraction of sp³-hybridized carbons (Fsp3) is 0.542. The number of hydrogen-bond acceptors (Lipinski definition) is 7. The first kappa shape index (κ1) is 26.0. The molecule has 3 N–H and O–H groups in total. The van der Waals surface area contributed by atoms with Gasteiger partial charge in [0.15, 0.2) is 6.61 Å². The van der Waals surface area contributed by atoms with E-state index in [0.717, 1.165) is 29.7 Å². The average molecular weight is 489 g/mol. The standard InChI is InChI=1S/C24H32N4O7/c1-4-16-7-9-24(10-8-16)22(32)28(23(33)27-24)13-21(31)35-14-20(30)25-12-19(29)26-17-11-15(2)5-6-18(17)34-3/h5-6,11,16H,4,7-10,12-14H2,1-3H3,(H,25,30)(H,26,29)(H,27,33). The molecule has 1 aromatic rings. The molecule has 1 saturated heterocycles. The monoisotopic (exact) mass is 488 g/mol. The van der Waals surface area contributed by atoms with Gasteiger partial charge in [0.25, 0.3) is 11.8 Å². The topological polar surface area (TPSA) is 143 Å². The Morgan fingerprint density at radius 1 is 1.17 bits per heavy atom. The van der Waals surface area contributed by atoms with E-state index in [2.05, 4.69) is 22.9 Å². The van der Waals surface area contributed by atoms with Crippen molar-refractivity contribution in [3.8, 4) is 5.75 Å². The number of imide groups is 1. The van der Waals surface area contributed by atoms with Crippen molar-refractivity contribution in [3.63, 3.8) is 0 Å². The summed E-state index contributed by atoms with van der Waals surface area (Å²) in [4.78, 5) is 62.3. The molecule has 190 valence electrons. The third-order valence-electron chi connectivity index (χ3n) is 6.51. The van der Waals surface area contributed by atoms with Gasteiger partial charge in [-0.3, -0.25) is 24.1 Å². The van der Waals surface area contributed by atoms with Crippen molar-refractivity contribution < 1.29 is 33.4 Å². The molecule has 0 radical (unpaired) electrons. The van der Waals surface area contributed by atoms with E-state index in [1.165, 1.54) is 7.11 Å². The number of esters is 1. The van der Waals surface area contributed by atoms with Gasteiger partial charge in [-0.05, 0) is 56.2 Å². The first-order valence-corrected chi connectivity index (χ1v) is 11.7. The number of amides is 5. The fourth-order valence-electron chi connectivity index (χ4n) is 4.40. The summed E-state index contributed by atoms with van der Waals surface area (Å²) in [5.74, 6) is -1.50. The summed E-state index contributed by atoms with van der Waals surface area (Å²) in [6.45, 7) is 2.39. The van der Waals surface area contributed by atoms with Gasteiger partial charge in [0.1, 0.15) is 17.8 Å². The second kappa shape index (κ2) is 11.2. The van der Waals surface area contributed by atoms with Crippen LogP contribution >= 0.6 is 0 Å². The van der Waals surface area contributed by atoms with E-state index in [9.17, 15) is 24.0 Å². The van der Waals surface area contributed by atoms with Crippen molar-refractivity contribution in [2.75, 3.05) is 32.1 Å². The Kier molecular flexibility index (Phi) is 8.31. The normalized spacial score (nSPS) is 21.5. The minimum Gasteiger partial charge on any atom is -0.495 e. The predicted molar refractivity (Wildman–Crippen MR) is 126 cm³/mol. The van der Waals surface area contributed by atoms with Gasteiger partial charge in [0.2, 0.25) is 5.91 Å². The number of carbonyl (C=O) groups is 5. The predicted octanol–water partition coefficient (Wildman–Crippen LogP) is 1.49. The minimum atomic E-state index is -0.951. The number of methoxy groups -OCH3 is 1. The van der Waals surface area contributed by atoms with Crippen LogP contribution in [-0.4, -0.2) is 67.0 Å². The van der Waals surface area contributed by atoms with E-state index in [-0.39, 0.29) is 6.54 Å². The highest BCUT2D eigenvalue weighted by Crippen LogP contribution is 2.37. The van der Waals surface area contributed by atoms with Crippen molar-refractivity contribution in [2.24, 2.45) is 5.92 Å². The van der Waals surface area contributed by atoms with Crippen LogP contribution in [0.2, 0.25) is 0 Å². The number of nitrogens with zero attached hydrogens (tertiary/aromatic N) is 1. The third kappa shape index (κ3) is 6.28. The first-order chi connectivity index (χ1) is 16.7. The molecule has 1 spiro atoms.